The monoisotopic (exact) mass is 333 g/mol. The van der Waals surface area contributed by atoms with Crippen LogP contribution < -0.4 is 5.32 Å². The molecule has 0 atom stereocenters. The molecule has 1 N–H and O–H groups in total. The quantitative estimate of drug-likeness (QED) is 0.920. The van der Waals surface area contributed by atoms with Crippen molar-refractivity contribution in [1.82, 2.24) is 0 Å². The van der Waals surface area contributed by atoms with Gasteiger partial charge in [0.2, 0.25) is 5.91 Å². The number of hydrogen-bond donors (Lipinski definition) is 1. The second-order valence-corrected chi connectivity index (χ2v) is 7.40. The maximum Gasteiger partial charge on any atom is 0.225 e. The minimum atomic E-state index is -3.10. The van der Waals surface area contributed by atoms with Crippen LogP contribution in [0.1, 0.15) is 17.5 Å². The summed E-state index contributed by atoms with van der Waals surface area (Å²) >= 11 is 3.44. The van der Waals surface area contributed by atoms with Gasteiger partial charge in [-0.3, -0.25) is 4.79 Å². The van der Waals surface area contributed by atoms with Crippen LogP contribution in [0.4, 0.5) is 5.69 Å². The van der Waals surface area contributed by atoms with Gasteiger partial charge in [0.1, 0.15) is 9.84 Å². The summed E-state index contributed by atoms with van der Waals surface area (Å²) in [5.41, 5.74) is 2.73. The Morgan fingerprint density at radius 1 is 1.28 bits per heavy atom. The average molecular weight is 334 g/mol. The Kier molecular flexibility index (Phi) is 4.92. The molecule has 1 rings (SSSR count). The zero-order valence-corrected chi connectivity index (χ0v) is 13.0. The van der Waals surface area contributed by atoms with Crippen LogP contribution in [0.5, 0.6) is 0 Å². The molecule has 0 aliphatic carbocycles. The molecule has 0 spiro atoms. The first-order chi connectivity index (χ1) is 8.19. The van der Waals surface area contributed by atoms with Crippen LogP contribution in [0.2, 0.25) is 0 Å². The second kappa shape index (κ2) is 5.84. The molecule has 0 bridgehead atoms. The van der Waals surface area contributed by atoms with Gasteiger partial charge in [-0.05, 0) is 37.1 Å². The van der Waals surface area contributed by atoms with Crippen LogP contribution in [-0.4, -0.2) is 26.3 Å². The molecule has 18 heavy (non-hydrogen) atoms. The maximum absolute atomic E-state index is 11.6. The van der Waals surface area contributed by atoms with Gasteiger partial charge in [0, 0.05) is 22.8 Å². The standard InChI is InChI=1S/C12H16BrNO3S/c1-8-6-10(7-9(2)12(8)13)14-11(15)4-5-18(3,16)17/h6-7H,4-5H2,1-3H3,(H,14,15). The number of sulfone groups is 1. The maximum atomic E-state index is 11.6. The largest absolute Gasteiger partial charge is 0.326 e. The van der Waals surface area contributed by atoms with Crippen molar-refractivity contribution < 1.29 is 13.2 Å². The molecule has 0 heterocycles. The summed E-state index contributed by atoms with van der Waals surface area (Å²) in [5, 5.41) is 2.70. The van der Waals surface area contributed by atoms with Crippen molar-refractivity contribution in [2.45, 2.75) is 20.3 Å². The summed E-state index contributed by atoms with van der Waals surface area (Å²) in [6.07, 6.45) is 1.10. The zero-order valence-electron chi connectivity index (χ0n) is 10.6. The third kappa shape index (κ3) is 4.78. The molecule has 1 aromatic carbocycles. The predicted molar refractivity (Wildman–Crippen MR) is 76.6 cm³/mol. The van der Waals surface area contributed by atoms with Crippen molar-refractivity contribution in [1.29, 1.82) is 0 Å². The van der Waals surface area contributed by atoms with Crippen molar-refractivity contribution in [3.63, 3.8) is 0 Å². The molecule has 0 aliphatic heterocycles. The number of carbonyl (C=O) groups is 1. The Balaban J connectivity index is 2.71. The summed E-state index contributed by atoms with van der Waals surface area (Å²) in [5.74, 6) is -0.422. The van der Waals surface area contributed by atoms with Gasteiger partial charge < -0.3 is 5.32 Å². The van der Waals surface area contributed by atoms with E-state index in [-0.39, 0.29) is 18.1 Å². The summed E-state index contributed by atoms with van der Waals surface area (Å²) in [6, 6.07) is 3.69. The fourth-order valence-corrected chi connectivity index (χ4v) is 2.30. The van der Waals surface area contributed by atoms with E-state index in [0.717, 1.165) is 21.9 Å². The Hall–Kier alpha value is -0.880. The molecule has 0 aromatic heterocycles. The third-order valence-corrected chi connectivity index (χ3v) is 4.62. The minimum absolute atomic E-state index is 0.0208. The van der Waals surface area contributed by atoms with Crippen molar-refractivity contribution in [2.75, 3.05) is 17.3 Å². The number of amides is 1. The van der Waals surface area contributed by atoms with Gasteiger partial charge in [-0.2, -0.15) is 0 Å². The topological polar surface area (TPSA) is 63.2 Å². The van der Waals surface area contributed by atoms with E-state index in [1.54, 1.807) is 0 Å². The molecule has 0 saturated carbocycles. The van der Waals surface area contributed by atoms with Crippen molar-refractivity contribution in [2.24, 2.45) is 0 Å². The first kappa shape index (κ1) is 15.2. The van der Waals surface area contributed by atoms with Gasteiger partial charge >= 0.3 is 0 Å². The first-order valence-corrected chi connectivity index (χ1v) is 8.29. The van der Waals surface area contributed by atoms with Crippen molar-refractivity contribution in [3.05, 3.63) is 27.7 Å². The van der Waals surface area contributed by atoms with Gasteiger partial charge in [-0.1, -0.05) is 15.9 Å². The Morgan fingerprint density at radius 2 is 1.78 bits per heavy atom. The highest BCUT2D eigenvalue weighted by Gasteiger charge is 2.09. The summed E-state index contributed by atoms with van der Waals surface area (Å²) in [4.78, 5) is 11.6. The highest BCUT2D eigenvalue weighted by Crippen LogP contribution is 2.25. The molecular formula is C12H16BrNO3S. The van der Waals surface area contributed by atoms with Crippen molar-refractivity contribution in [3.8, 4) is 0 Å². The zero-order chi connectivity index (χ0) is 13.9. The SMILES string of the molecule is Cc1cc(NC(=O)CCS(C)(=O)=O)cc(C)c1Br. The fourth-order valence-electron chi connectivity index (χ4n) is 1.52. The molecule has 4 nitrogen and oxygen atoms in total. The van der Waals surface area contributed by atoms with E-state index in [0.29, 0.717) is 5.69 Å². The lowest BCUT2D eigenvalue weighted by molar-refractivity contribution is -0.115. The van der Waals surface area contributed by atoms with E-state index in [4.69, 9.17) is 0 Å². The Morgan fingerprint density at radius 3 is 2.22 bits per heavy atom. The Labute approximate surface area is 116 Å². The van der Waals surface area contributed by atoms with Crippen LogP contribution in [0.3, 0.4) is 0 Å². The number of hydrogen-bond acceptors (Lipinski definition) is 3. The number of benzene rings is 1. The van der Waals surface area contributed by atoms with Gasteiger partial charge in [0.25, 0.3) is 0 Å². The van der Waals surface area contributed by atoms with Crippen molar-refractivity contribution >= 4 is 37.4 Å². The Bertz CT molecular complexity index is 544. The van der Waals surface area contributed by atoms with Crippen LogP contribution in [0.25, 0.3) is 0 Å². The highest BCUT2D eigenvalue weighted by atomic mass is 79.9. The number of rotatable bonds is 4. The number of anilines is 1. The van der Waals surface area contributed by atoms with Crippen LogP contribution in [0, 0.1) is 13.8 Å². The van der Waals surface area contributed by atoms with Crippen LogP contribution >= 0.6 is 15.9 Å². The molecule has 1 amide bonds. The lowest BCUT2D eigenvalue weighted by Crippen LogP contribution is -2.16. The molecule has 1 aromatic rings. The smallest absolute Gasteiger partial charge is 0.225 e. The van der Waals surface area contributed by atoms with E-state index in [9.17, 15) is 13.2 Å². The van der Waals surface area contributed by atoms with E-state index in [1.807, 2.05) is 26.0 Å². The van der Waals surface area contributed by atoms with E-state index < -0.39 is 9.84 Å². The molecular weight excluding hydrogens is 318 g/mol. The summed E-state index contributed by atoms with van der Waals surface area (Å²) in [6.45, 7) is 3.87. The fraction of sp³-hybridized carbons (Fsp3) is 0.417. The van der Waals surface area contributed by atoms with Gasteiger partial charge in [-0.15, -0.1) is 0 Å². The molecule has 0 fully saturated rings. The van der Waals surface area contributed by atoms with Gasteiger partial charge in [-0.25, -0.2) is 8.42 Å². The summed E-state index contributed by atoms with van der Waals surface area (Å²) < 4.78 is 22.9. The lowest BCUT2D eigenvalue weighted by Gasteiger charge is -2.09. The molecule has 0 unspecified atom stereocenters. The second-order valence-electron chi connectivity index (χ2n) is 4.35. The van der Waals surface area contributed by atoms with E-state index >= 15 is 0 Å². The lowest BCUT2D eigenvalue weighted by atomic mass is 10.1. The minimum Gasteiger partial charge on any atom is -0.326 e. The predicted octanol–water partition coefficient (Wildman–Crippen LogP) is 2.44. The van der Waals surface area contributed by atoms with E-state index in [2.05, 4.69) is 21.2 Å². The number of halogens is 1. The van der Waals surface area contributed by atoms with Gasteiger partial charge in [0.15, 0.2) is 0 Å². The highest BCUT2D eigenvalue weighted by molar-refractivity contribution is 9.10. The molecule has 0 aliphatic rings. The summed E-state index contributed by atoms with van der Waals surface area (Å²) in [7, 11) is -3.10. The van der Waals surface area contributed by atoms with Crippen LogP contribution in [0.15, 0.2) is 16.6 Å². The van der Waals surface area contributed by atoms with Gasteiger partial charge in [0.05, 0.1) is 5.75 Å². The molecule has 0 radical (unpaired) electrons. The third-order valence-electron chi connectivity index (χ3n) is 2.42. The normalized spacial score (nSPS) is 11.3. The first-order valence-electron chi connectivity index (χ1n) is 5.43. The number of nitrogens with one attached hydrogen (secondary N) is 1. The van der Waals surface area contributed by atoms with Crippen LogP contribution in [-0.2, 0) is 14.6 Å². The molecule has 0 saturated heterocycles. The van der Waals surface area contributed by atoms with E-state index in [1.165, 1.54) is 0 Å². The number of aryl methyl sites for hydroxylation is 2. The molecule has 6 heteroatoms. The molecule has 100 valence electrons. The average Bonchev–Trinajstić information content (AvgIpc) is 2.22. The number of carbonyl (C=O) groups excluding carboxylic acids is 1.